The van der Waals surface area contributed by atoms with Gasteiger partial charge in [0.15, 0.2) is 0 Å². The van der Waals surface area contributed by atoms with Crippen LogP contribution in [0.15, 0.2) is 24.5 Å². The number of hydrogen-bond acceptors (Lipinski definition) is 3. The second-order valence-electron chi connectivity index (χ2n) is 6.03. The first-order chi connectivity index (χ1) is 10.2. The molecule has 0 aromatic carbocycles. The topological polar surface area (TPSA) is 45.2 Å². The fraction of sp³-hybridized carbons (Fsp3) is 0.647. The first-order valence-corrected chi connectivity index (χ1v) is 8.05. The van der Waals surface area contributed by atoms with E-state index in [0.29, 0.717) is 13.0 Å². The Hall–Kier alpha value is -1.42. The molecule has 116 valence electrons. The molecule has 0 aliphatic heterocycles. The van der Waals surface area contributed by atoms with Gasteiger partial charge in [0.1, 0.15) is 0 Å². The second-order valence-corrected chi connectivity index (χ2v) is 6.03. The quantitative estimate of drug-likeness (QED) is 0.876. The van der Waals surface area contributed by atoms with E-state index in [-0.39, 0.29) is 11.4 Å². The molecule has 1 aromatic rings. The lowest BCUT2D eigenvalue weighted by atomic mass is 9.79. The zero-order chi connectivity index (χ0) is 15.1. The van der Waals surface area contributed by atoms with Crippen molar-refractivity contribution in [2.75, 3.05) is 13.6 Å². The van der Waals surface area contributed by atoms with Crippen LogP contribution in [-0.2, 0) is 11.3 Å². The van der Waals surface area contributed by atoms with E-state index in [2.05, 4.69) is 10.3 Å². The average molecular weight is 289 g/mol. The van der Waals surface area contributed by atoms with Crippen LogP contribution in [-0.4, -0.2) is 34.9 Å². The molecule has 1 aromatic heterocycles. The van der Waals surface area contributed by atoms with Crippen molar-refractivity contribution in [3.63, 3.8) is 0 Å². The molecule has 21 heavy (non-hydrogen) atoms. The predicted octanol–water partition coefficient (Wildman–Crippen LogP) is 2.74. The Kier molecular flexibility index (Phi) is 5.74. The van der Waals surface area contributed by atoms with Gasteiger partial charge >= 0.3 is 0 Å². The fourth-order valence-electron chi connectivity index (χ4n) is 3.23. The van der Waals surface area contributed by atoms with Gasteiger partial charge in [0.2, 0.25) is 5.91 Å². The Bertz CT molecular complexity index is 441. The van der Waals surface area contributed by atoms with Crippen molar-refractivity contribution in [2.45, 2.75) is 57.5 Å². The average Bonchev–Trinajstić information content (AvgIpc) is 2.54. The number of pyridine rings is 1. The normalized spacial score (nSPS) is 17.4. The first-order valence-electron chi connectivity index (χ1n) is 8.05. The molecular weight excluding hydrogens is 262 g/mol. The van der Waals surface area contributed by atoms with Crippen LogP contribution in [0.5, 0.6) is 0 Å². The van der Waals surface area contributed by atoms with Gasteiger partial charge in [-0.3, -0.25) is 9.78 Å². The van der Waals surface area contributed by atoms with Gasteiger partial charge in [-0.1, -0.05) is 19.3 Å². The highest BCUT2D eigenvalue weighted by Gasteiger charge is 2.33. The van der Waals surface area contributed by atoms with Crippen LogP contribution < -0.4 is 5.32 Å². The Morgan fingerprint density at radius 3 is 2.52 bits per heavy atom. The maximum absolute atomic E-state index is 12.7. The number of nitrogens with one attached hydrogen (secondary N) is 1. The monoisotopic (exact) mass is 289 g/mol. The molecule has 0 spiro atoms. The molecule has 1 heterocycles. The standard InChI is InChI=1S/C17H27N3O/c1-3-20(14-15-7-11-19-12-8-15)16(21)13-17(18-2)9-5-4-6-10-17/h7-8,11-12,18H,3-6,9-10,13-14H2,1-2H3. The fourth-order valence-corrected chi connectivity index (χ4v) is 3.23. The van der Waals surface area contributed by atoms with Crippen LogP contribution in [0.2, 0.25) is 0 Å². The van der Waals surface area contributed by atoms with Crippen molar-refractivity contribution in [3.8, 4) is 0 Å². The molecule has 0 atom stereocenters. The first kappa shape index (κ1) is 16.0. The third-order valence-corrected chi connectivity index (χ3v) is 4.69. The summed E-state index contributed by atoms with van der Waals surface area (Å²) < 4.78 is 0. The number of carbonyl (C=O) groups is 1. The molecule has 1 aliphatic carbocycles. The van der Waals surface area contributed by atoms with Crippen molar-refractivity contribution in [2.24, 2.45) is 0 Å². The van der Waals surface area contributed by atoms with E-state index < -0.39 is 0 Å². The van der Waals surface area contributed by atoms with Crippen LogP contribution in [0.3, 0.4) is 0 Å². The summed E-state index contributed by atoms with van der Waals surface area (Å²) in [6.07, 6.45) is 10.2. The maximum Gasteiger partial charge on any atom is 0.224 e. The zero-order valence-electron chi connectivity index (χ0n) is 13.3. The number of hydrogen-bond donors (Lipinski definition) is 1. The predicted molar refractivity (Wildman–Crippen MR) is 84.8 cm³/mol. The summed E-state index contributed by atoms with van der Waals surface area (Å²) in [7, 11) is 2.00. The minimum absolute atomic E-state index is 0.0149. The van der Waals surface area contributed by atoms with Gasteiger partial charge in [0, 0.05) is 37.4 Å². The van der Waals surface area contributed by atoms with Gasteiger partial charge in [0.05, 0.1) is 0 Å². The van der Waals surface area contributed by atoms with E-state index in [1.807, 2.05) is 31.0 Å². The van der Waals surface area contributed by atoms with Crippen LogP contribution in [0.4, 0.5) is 0 Å². The molecule has 0 unspecified atom stereocenters. The smallest absolute Gasteiger partial charge is 0.224 e. The molecule has 1 amide bonds. The summed E-state index contributed by atoms with van der Waals surface area (Å²) in [6.45, 7) is 3.48. The van der Waals surface area contributed by atoms with Gasteiger partial charge in [-0.2, -0.15) is 0 Å². The van der Waals surface area contributed by atoms with Crippen molar-refractivity contribution in [3.05, 3.63) is 30.1 Å². The molecule has 1 fully saturated rings. The van der Waals surface area contributed by atoms with E-state index in [1.165, 1.54) is 19.3 Å². The van der Waals surface area contributed by atoms with Crippen molar-refractivity contribution >= 4 is 5.91 Å². The lowest BCUT2D eigenvalue weighted by molar-refractivity contribution is -0.133. The SMILES string of the molecule is CCN(Cc1ccncc1)C(=O)CC1(NC)CCCCC1. The summed E-state index contributed by atoms with van der Waals surface area (Å²) in [4.78, 5) is 18.7. The van der Waals surface area contributed by atoms with Crippen molar-refractivity contribution < 1.29 is 4.79 Å². The Morgan fingerprint density at radius 1 is 1.29 bits per heavy atom. The number of nitrogens with zero attached hydrogens (tertiary/aromatic N) is 2. The van der Waals surface area contributed by atoms with Crippen LogP contribution in [0, 0.1) is 0 Å². The second kappa shape index (κ2) is 7.55. The summed E-state index contributed by atoms with van der Waals surface area (Å²) in [5, 5.41) is 3.43. The summed E-state index contributed by atoms with van der Waals surface area (Å²) >= 11 is 0. The minimum Gasteiger partial charge on any atom is -0.339 e. The van der Waals surface area contributed by atoms with E-state index in [4.69, 9.17) is 0 Å². The molecule has 1 N–H and O–H groups in total. The number of aromatic nitrogens is 1. The lowest BCUT2D eigenvalue weighted by Gasteiger charge is -2.38. The zero-order valence-corrected chi connectivity index (χ0v) is 13.3. The summed E-state index contributed by atoms with van der Waals surface area (Å²) in [6, 6.07) is 3.95. The Morgan fingerprint density at radius 2 is 1.95 bits per heavy atom. The highest BCUT2D eigenvalue weighted by atomic mass is 16.2. The van der Waals surface area contributed by atoms with E-state index in [0.717, 1.165) is 24.9 Å². The van der Waals surface area contributed by atoms with Gasteiger partial charge in [-0.15, -0.1) is 0 Å². The molecule has 4 nitrogen and oxygen atoms in total. The molecule has 1 saturated carbocycles. The third-order valence-electron chi connectivity index (χ3n) is 4.69. The molecule has 0 bridgehead atoms. The van der Waals surface area contributed by atoms with Crippen LogP contribution in [0.1, 0.15) is 51.0 Å². The van der Waals surface area contributed by atoms with Crippen LogP contribution >= 0.6 is 0 Å². The van der Waals surface area contributed by atoms with Gasteiger partial charge in [-0.25, -0.2) is 0 Å². The van der Waals surface area contributed by atoms with Gasteiger partial charge in [0.25, 0.3) is 0 Å². The molecule has 0 saturated heterocycles. The van der Waals surface area contributed by atoms with E-state index in [9.17, 15) is 4.79 Å². The third kappa shape index (κ3) is 4.27. The number of amides is 1. The highest BCUT2D eigenvalue weighted by Crippen LogP contribution is 2.31. The Labute approximate surface area is 127 Å². The molecular formula is C17H27N3O. The number of carbonyl (C=O) groups excluding carboxylic acids is 1. The maximum atomic E-state index is 12.7. The Balaban J connectivity index is 1.99. The van der Waals surface area contributed by atoms with E-state index in [1.54, 1.807) is 12.4 Å². The van der Waals surface area contributed by atoms with Gasteiger partial charge in [-0.05, 0) is 44.5 Å². The largest absolute Gasteiger partial charge is 0.339 e. The van der Waals surface area contributed by atoms with Crippen LogP contribution in [0.25, 0.3) is 0 Å². The number of rotatable bonds is 6. The molecule has 2 rings (SSSR count). The molecule has 4 heteroatoms. The lowest BCUT2D eigenvalue weighted by Crippen LogP contribution is -2.48. The summed E-state index contributed by atoms with van der Waals surface area (Å²) in [5.41, 5.74) is 1.16. The van der Waals surface area contributed by atoms with Crippen molar-refractivity contribution in [1.29, 1.82) is 0 Å². The minimum atomic E-state index is 0.0149. The van der Waals surface area contributed by atoms with E-state index >= 15 is 0 Å². The molecule has 1 aliphatic rings. The summed E-state index contributed by atoms with van der Waals surface area (Å²) in [5.74, 6) is 0.255. The highest BCUT2D eigenvalue weighted by molar-refractivity contribution is 5.77. The van der Waals surface area contributed by atoms with Crippen molar-refractivity contribution in [1.82, 2.24) is 15.2 Å². The molecule has 0 radical (unpaired) electrons. The van der Waals surface area contributed by atoms with Gasteiger partial charge < -0.3 is 10.2 Å².